The van der Waals surface area contributed by atoms with E-state index in [0.29, 0.717) is 12.0 Å². The molecular formula is C25H27NO5. The Morgan fingerprint density at radius 2 is 1.58 bits per heavy atom. The number of carbonyl (C=O) groups excluding carboxylic acids is 1. The third-order valence-corrected chi connectivity index (χ3v) is 7.21. The molecule has 2 bridgehead atoms. The van der Waals surface area contributed by atoms with Crippen LogP contribution in [0.4, 0.5) is 0 Å². The second-order valence-corrected chi connectivity index (χ2v) is 8.86. The zero-order chi connectivity index (χ0) is 21.7. The molecule has 6 nitrogen and oxygen atoms in total. The first-order chi connectivity index (χ1) is 15.0. The minimum Gasteiger partial charge on any atom is -0.481 e. The van der Waals surface area contributed by atoms with E-state index >= 15 is 0 Å². The first-order valence-electron chi connectivity index (χ1n) is 10.9. The van der Waals surface area contributed by atoms with Gasteiger partial charge in [0.15, 0.2) is 5.78 Å². The van der Waals surface area contributed by atoms with E-state index in [-0.39, 0.29) is 36.4 Å². The summed E-state index contributed by atoms with van der Waals surface area (Å²) in [5, 5.41) is 9.75. The van der Waals surface area contributed by atoms with Crippen molar-refractivity contribution in [1.29, 1.82) is 0 Å². The molecule has 7 atom stereocenters. The van der Waals surface area contributed by atoms with Crippen LogP contribution in [0.5, 0.6) is 0 Å². The Morgan fingerprint density at radius 1 is 0.935 bits per heavy atom. The first kappa shape index (κ1) is 20.4. The number of fused-ring (bicyclic) bond motifs is 2. The topological polar surface area (TPSA) is 76.1 Å². The second kappa shape index (κ2) is 7.86. The number of rotatable bonds is 5. The van der Waals surface area contributed by atoms with Crippen LogP contribution in [0.3, 0.4) is 0 Å². The molecule has 31 heavy (non-hydrogen) atoms. The van der Waals surface area contributed by atoms with Gasteiger partial charge in [-0.05, 0) is 32.4 Å². The molecule has 2 aromatic carbocycles. The van der Waals surface area contributed by atoms with Crippen LogP contribution in [-0.4, -0.2) is 47.1 Å². The fourth-order valence-electron chi connectivity index (χ4n) is 5.51. The predicted octanol–water partition coefficient (Wildman–Crippen LogP) is 3.84. The molecule has 6 heteroatoms. The number of benzene rings is 2. The molecule has 0 aromatic heterocycles. The Bertz CT molecular complexity index is 992. The Kier molecular flexibility index (Phi) is 5.16. The number of nitrogens with zero attached hydrogens (tertiary/aromatic N) is 1. The molecule has 2 aromatic rings. The number of carbonyl (C=O) groups is 2. The van der Waals surface area contributed by atoms with Crippen molar-refractivity contribution in [3.63, 3.8) is 0 Å². The number of hydrogen-bond acceptors (Lipinski definition) is 5. The highest BCUT2D eigenvalue weighted by Gasteiger charge is 2.56. The zero-order valence-corrected chi connectivity index (χ0v) is 17.7. The van der Waals surface area contributed by atoms with Gasteiger partial charge in [-0.1, -0.05) is 54.6 Å². The highest BCUT2D eigenvalue weighted by Crippen LogP contribution is 2.47. The third-order valence-electron chi connectivity index (χ3n) is 7.21. The number of likely N-dealkylation sites (N-methyl/N-ethyl adjacent to an activating group) is 1. The molecule has 5 rings (SSSR count). The van der Waals surface area contributed by atoms with Gasteiger partial charge in [0.05, 0.1) is 24.0 Å². The largest absolute Gasteiger partial charge is 0.481 e. The maximum Gasteiger partial charge on any atom is 0.309 e. The molecule has 0 radical (unpaired) electrons. The van der Waals surface area contributed by atoms with E-state index in [9.17, 15) is 14.7 Å². The van der Waals surface area contributed by atoms with Crippen LogP contribution in [0, 0.1) is 11.8 Å². The van der Waals surface area contributed by atoms with Crippen LogP contribution in [0.2, 0.25) is 0 Å². The van der Waals surface area contributed by atoms with Crippen molar-refractivity contribution in [2.45, 2.75) is 50.3 Å². The standard InChI is InChI=1S/C25H27NO5/c1-14-23(15-8-4-3-5-9-15)31-24(26(14)2)17-11-7-6-10-16(17)22(27)20-18-12-13-19(30-18)21(20)25(28)29/h3-11,14,18-21,23-24H,12-13H2,1-2H3,(H,28,29)/t14?,18-,19+,20-,21+,23-,24?/m1/s1. The Balaban J connectivity index is 1.47. The minimum absolute atomic E-state index is 0.114. The molecule has 3 heterocycles. The molecule has 162 valence electrons. The number of ketones is 1. The van der Waals surface area contributed by atoms with Crippen molar-refractivity contribution >= 4 is 11.8 Å². The normalized spacial score (nSPS) is 34.8. The molecular weight excluding hydrogens is 394 g/mol. The van der Waals surface area contributed by atoms with E-state index in [2.05, 4.69) is 24.0 Å². The molecule has 0 saturated carbocycles. The number of hydrogen-bond donors (Lipinski definition) is 1. The van der Waals surface area contributed by atoms with E-state index in [1.54, 1.807) is 6.07 Å². The molecule has 2 unspecified atom stereocenters. The van der Waals surface area contributed by atoms with Crippen molar-refractivity contribution in [3.05, 3.63) is 71.3 Å². The lowest BCUT2D eigenvalue weighted by Crippen LogP contribution is -2.39. The van der Waals surface area contributed by atoms with E-state index in [1.807, 2.05) is 43.4 Å². The molecule has 3 fully saturated rings. The van der Waals surface area contributed by atoms with Gasteiger partial charge in [-0.15, -0.1) is 0 Å². The summed E-state index contributed by atoms with van der Waals surface area (Å²) in [4.78, 5) is 27.7. The molecule has 3 saturated heterocycles. The van der Waals surface area contributed by atoms with E-state index in [1.165, 1.54) is 0 Å². The van der Waals surface area contributed by atoms with Gasteiger partial charge in [0.2, 0.25) is 0 Å². The number of Topliss-reactive ketones (excluding diaryl/α,β-unsaturated/α-hetero) is 1. The van der Waals surface area contributed by atoms with Gasteiger partial charge in [-0.3, -0.25) is 14.5 Å². The van der Waals surface area contributed by atoms with Gasteiger partial charge in [0, 0.05) is 17.2 Å². The molecule has 0 spiro atoms. The maximum atomic E-state index is 13.7. The molecule has 0 amide bonds. The summed E-state index contributed by atoms with van der Waals surface area (Å²) in [7, 11) is 2.00. The van der Waals surface area contributed by atoms with Crippen molar-refractivity contribution in [2.24, 2.45) is 11.8 Å². The average molecular weight is 421 g/mol. The highest BCUT2D eigenvalue weighted by molar-refractivity contribution is 6.02. The molecule has 3 aliphatic heterocycles. The predicted molar refractivity (Wildman–Crippen MR) is 114 cm³/mol. The molecule has 3 aliphatic rings. The average Bonchev–Trinajstić information content (AvgIpc) is 3.48. The maximum absolute atomic E-state index is 13.7. The number of aliphatic carboxylic acids is 1. The molecule has 0 aliphatic carbocycles. The van der Waals surface area contributed by atoms with Crippen molar-refractivity contribution in [3.8, 4) is 0 Å². The van der Waals surface area contributed by atoms with Crippen molar-refractivity contribution in [1.82, 2.24) is 4.90 Å². The zero-order valence-electron chi connectivity index (χ0n) is 17.7. The van der Waals surface area contributed by atoms with Gasteiger partial charge < -0.3 is 14.6 Å². The summed E-state index contributed by atoms with van der Waals surface area (Å²) in [6.45, 7) is 2.12. The van der Waals surface area contributed by atoms with Crippen molar-refractivity contribution < 1.29 is 24.2 Å². The SMILES string of the molecule is CC1[C@H](c2ccccc2)OC(c2ccccc2C(=O)[C@H]2[C@@H](C(=O)O)[C@@H]3CC[C@H]2O3)N1C. The van der Waals surface area contributed by atoms with Crippen molar-refractivity contribution in [2.75, 3.05) is 7.05 Å². The molecule has 1 N–H and O–H groups in total. The highest BCUT2D eigenvalue weighted by atomic mass is 16.5. The van der Waals surface area contributed by atoms with E-state index in [0.717, 1.165) is 17.5 Å². The van der Waals surface area contributed by atoms with Gasteiger partial charge in [-0.2, -0.15) is 0 Å². The summed E-state index contributed by atoms with van der Waals surface area (Å²) in [6, 6.07) is 17.6. The van der Waals surface area contributed by atoms with Gasteiger partial charge in [0.1, 0.15) is 12.3 Å². The Morgan fingerprint density at radius 3 is 2.29 bits per heavy atom. The fourth-order valence-corrected chi connectivity index (χ4v) is 5.51. The summed E-state index contributed by atoms with van der Waals surface area (Å²) in [5.74, 6) is -2.53. The minimum atomic E-state index is -0.949. The summed E-state index contributed by atoms with van der Waals surface area (Å²) >= 11 is 0. The van der Waals surface area contributed by atoms with Crippen LogP contribution in [0.15, 0.2) is 54.6 Å². The lowest BCUT2D eigenvalue weighted by Gasteiger charge is -2.27. The third kappa shape index (κ3) is 3.30. The van der Waals surface area contributed by atoms with Gasteiger partial charge in [-0.25, -0.2) is 0 Å². The number of ether oxygens (including phenoxy) is 2. The van der Waals surface area contributed by atoms with Crippen LogP contribution in [0.1, 0.15) is 53.6 Å². The Labute approximate surface area is 181 Å². The Hall–Kier alpha value is -2.54. The summed E-state index contributed by atoms with van der Waals surface area (Å²) in [5.41, 5.74) is 2.42. The van der Waals surface area contributed by atoms with Crippen LogP contribution in [-0.2, 0) is 14.3 Å². The van der Waals surface area contributed by atoms with E-state index in [4.69, 9.17) is 9.47 Å². The number of carboxylic acids is 1. The van der Waals surface area contributed by atoms with E-state index < -0.39 is 17.8 Å². The fraction of sp³-hybridized carbons (Fsp3) is 0.440. The smallest absolute Gasteiger partial charge is 0.309 e. The first-order valence-corrected chi connectivity index (χ1v) is 10.9. The van der Waals surface area contributed by atoms with Gasteiger partial charge >= 0.3 is 5.97 Å². The van der Waals surface area contributed by atoms with Crippen LogP contribution in [0.25, 0.3) is 0 Å². The second-order valence-electron chi connectivity index (χ2n) is 8.86. The summed E-state index contributed by atoms with van der Waals surface area (Å²) in [6.07, 6.45) is 0.263. The van der Waals surface area contributed by atoms with Crippen LogP contribution >= 0.6 is 0 Å². The van der Waals surface area contributed by atoms with Gasteiger partial charge in [0.25, 0.3) is 0 Å². The summed E-state index contributed by atoms with van der Waals surface area (Å²) < 4.78 is 12.3. The quantitative estimate of drug-likeness (QED) is 0.740. The lowest BCUT2D eigenvalue weighted by atomic mass is 9.75. The number of carboxylic acid groups (broad SMARTS) is 1. The lowest BCUT2D eigenvalue weighted by molar-refractivity contribution is -0.144. The van der Waals surface area contributed by atoms with Crippen LogP contribution < -0.4 is 0 Å². The monoisotopic (exact) mass is 421 g/mol.